The van der Waals surface area contributed by atoms with Crippen molar-refractivity contribution >= 4 is 17.9 Å². The van der Waals surface area contributed by atoms with Crippen LogP contribution in [0.25, 0.3) is 23.2 Å². The number of benzene rings is 1. The lowest BCUT2D eigenvalue weighted by Crippen LogP contribution is -2.08. The number of anilines is 1. The molecule has 1 saturated carbocycles. The minimum atomic E-state index is -0.429. The SMILES string of the molecule is CCOC(=O)/C=C/c1cnc(-c2c(OC)ncnc2C2CC2)nc1NCc1ccc(-n2nc(C)cc2C)cc1. The summed E-state index contributed by atoms with van der Waals surface area (Å²) in [7, 11) is 1.58. The van der Waals surface area contributed by atoms with Crippen LogP contribution < -0.4 is 10.1 Å². The third kappa shape index (κ3) is 5.95. The van der Waals surface area contributed by atoms with Crippen molar-refractivity contribution in [1.29, 1.82) is 0 Å². The van der Waals surface area contributed by atoms with Crippen molar-refractivity contribution in [3.05, 3.63) is 77.1 Å². The molecule has 3 aromatic heterocycles. The molecule has 0 amide bonds. The van der Waals surface area contributed by atoms with Gasteiger partial charge >= 0.3 is 5.97 Å². The van der Waals surface area contributed by atoms with Crippen LogP contribution in [0.5, 0.6) is 5.88 Å². The molecule has 0 spiro atoms. The monoisotopic (exact) mass is 525 g/mol. The zero-order valence-electron chi connectivity index (χ0n) is 22.5. The van der Waals surface area contributed by atoms with Gasteiger partial charge in [-0.3, -0.25) is 0 Å². The largest absolute Gasteiger partial charge is 0.480 e. The maximum absolute atomic E-state index is 12.0. The zero-order valence-corrected chi connectivity index (χ0v) is 22.5. The lowest BCUT2D eigenvalue weighted by atomic mass is 10.1. The van der Waals surface area contributed by atoms with Crippen molar-refractivity contribution < 1.29 is 14.3 Å². The van der Waals surface area contributed by atoms with E-state index >= 15 is 0 Å². The molecule has 4 aromatic rings. The third-order valence-electron chi connectivity index (χ3n) is 6.38. The molecule has 0 atom stereocenters. The molecule has 39 heavy (non-hydrogen) atoms. The van der Waals surface area contributed by atoms with Gasteiger partial charge in [-0.1, -0.05) is 12.1 Å². The summed E-state index contributed by atoms with van der Waals surface area (Å²) in [6.45, 7) is 6.59. The van der Waals surface area contributed by atoms with Crippen LogP contribution in [0.4, 0.5) is 5.82 Å². The van der Waals surface area contributed by atoms with Gasteiger partial charge in [0.2, 0.25) is 5.88 Å². The molecule has 10 nitrogen and oxygen atoms in total. The van der Waals surface area contributed by atoms with Crippen molar-refractivity contribution in [3.63, 3.8) is 0 Å². The molecule has 1 aliphatic carbocycles. The van der Waals surface area contributed by atoms with Gasteiger partial charge in [-0.2, -0.15) is 5.10 Å². The first-order chi connectivity index (χ1) is 19.0. The van der Waals surface area contributed by atoms with E-state index in [0.29, 0.717) is 47.7 Å². The number of hydrogen-bond donors (Lipinski definition) is 1. The van der Waals surface area contributed by atoms with Crippen LogP contribution in [0.2, 0.25) is 0 Å². The van der Waals surface area contributed by atoms with Crippen LogP contribution in [-0.4, -0.2) is 49.4 Å². The van der Waals surface area contributed by atoms with E-state index in [1.54, 1.807) is 26.3 Å². The molecule has 3 heterocycles. The van der Waals surface area contributed by atoms with E-state index in [1.807, 2.05) is 42.8 Å². The normalized spacial score (nSPS) is 13.0. The van der Waals surface area contributed by atoms with E-state index < -0.39 is 5.97 Å². The van der Waals surface area contributed by atoms with Gasteiger partial charge in [0, 0.05) is 36.0 Å². The number of methoxy groups -OCH3 is 1. The summed E-state index contributed by atoms with van der Waals surface area (Å²) in [6.07, 6.45) is 8.34. The number of rotatable bonds is 10. The number of ether oxygens (including phenoxy) is 2. The number of aromatic nitrogens is 6. The number of nitrogens with one attached hydrogen (secondary N) is 1. The van der Waals surface area contributed by atoms with E-state index in [1.165, 1.54) is 12.4 Å². The summed E-state index contributed by atoms with van der Waals surface area (Å²) in [5.74, 6) is 1.38. The van der Waals surface area contributed by atoms with Gasteiger partial charge in [0.1, 0.15) is 17.7 Å². The second kappa shape index (κ2) is 11.4. The topological polar surface area (TPSA) is 117 Å². The highest BCUT2D eigenvalue weighted by molar-refractivity contribution is 5.88. The van der Waals surface area contributed by atoms with Gasteiger partial charge in [-0.25, -0.2) is 29.4 Å². The number of carbonyl (C=O) groups excluding carboxylic acids is 1. The van der Waals surface area contributed by atoms with Crippen LogP contribution in [0.3, 0.4) is 0 Å². The maximum Gasteiger partial charge on any atom is 0.330 e. The van der Waals surface area contributed by atoms with Gasteiger partial charge in [-0.05, 0) is 63.5 Å². The molecule has 0 saturated heterocycles. The molecule has 0 unspecified atom stereocenters. The van der Waals surface area contributed by atoms with E-state index in [2.05, 4.69) is 31.4 Å². The average molecular weight is 526 g/mol. The fourth-order valence-corrected chi connectivity index (χ4v) is 4.37. The number of aryl methyl sites for hydroxylation is 2. The standard InChI is InChI=1S/C29H31N7O3/c1-5-39-24(37)13-10-22-16-31-28(25-26(21-8-9-21)32-17-33-29(25)38-4)34-27(22)30-15-20-6-11-23(12-7-20)36-19(3)14-18(2)35-36/h6-7,10-14,16-17,21H,5,8-9,15H2,1-4H3,(H,30,31,34)/b13-10+. The Morgan fingerprint density at radius 1 is 1.15 bits per heavy atom. The van der Waals surface area contributed by atoms with Crippen molar-refractivity contribution in [1.82, 2.24) is 29.7 Å². The van der Waals surface area contributed by atoms with Crippen molar-refractivity contribution in [2.45, 2.75) is 46.1 Å². The molecule has 10 heteroatoms. The second-order valence-electron chi connectivity index (χ2n) is 9.36. The summed E-state index contributed by atoms with van der Waals surface area (Å²) in [6, 6.07) is 10.2. The Labute approximate surface area is 227 Å². The molecule has 200 valence electrons. The first-order valence-electron chi connectivity index (χ1n) is 12.9. The fourth-order valence-electron chi connectivity index (χ4n) is 4.37. The molecule has 1 N–H and O–H groups in total. The number of esters is 1. The summed E-state index contributed by atoms with van der Waals surface area (Å²) in [5, 5.41) is 7.97. The van der Waals surface area contributed by atoms with Crippen LogP contribution >= 0.6 is 0 Å². The summed E-state index contributed by atoms with van der Waals surface area (Å²) < 4.78 is 12.5. The van der Waals surface area contributed by atoms with Gasteiger partial charge in [0.25, 0.3) is 0 Å². The van der Waals surface area contributed by atoms with Gasteiger partial charge < -0.3 is 14.8 Å². The minimum absolute atomic E-state index is 0.301. The average Bonchev–Trinajstić information content (AvgIpc) is 3.74. The van der Waals surface area contributed by atoms with Gasteiger partial charge in [-0.15, -0.1) is 0 Å². The van der Waals surface area contributed by atoms with E-state index in [9.17, 15) is 4.79 Å². The van der Waals surface area contributed by atoms with E-state index in [-0.39, 0.29) is 0 Å². The first-order valence-corrected chi connectivity index (χ1v) is 12.9. The van der Waals surface area contributed by atoms with Crippen LogP contribution in [0.1, 0.15) is 53.9 Å². The predicted octanol–water partition coefficient (Wildman–Crippen LogP) is 4.81. The summed E-state index contributed by atoms with van der Waals surface area (Å²) in [5.41, 5.74) is 6.34. The molecule has 5 rings (SSSR count). The van der Waals surface area contributed by atoms with Crippen LogP contribution in [0.15, 0.2) is 48.9 Å². The molecular weight excluding hydrogens is 494 g/mol. The fraction of sp³-hybridized carbons (Fsp3) is 0.310. The third-order valence-corrected chi connectivity index (χ3v) is 6.38. The molecule has 0 bridgehead atoms. The Morgan fingerprint density at radius 2 is 1.95 bits per heavy atom. The Kier molecular flexibility index (Phi) is 7.62. The summed E-state index contributed by atoms with van der Waals surface area (Å²) in [4.78, 5) is 30.2. The number of hydrogen-bond acceptors (Lipinski definition) is 9. The lowest BCUT2D eigenvalue weighted by molar-refractivity contribution is -0.137. The Bertz CT molecular complexity index is 1510. The van der Waals surface area contributed by atoms with Crippen LogP contribution in [0, 0.1) is 13.8 Å². The second-order valence-corrected chi connectivity index (χ2v) is 9.36. The predicted molar refractivity (Wildman–Crippen MR) is 148 cm³/mol. The molecule has 1 fully saturated rings. The quantitative estimate of drug-likeness (QED) is 0.230. The van der Waals surface area contributed by atoms with E-state index in [4.69, 9.17) is 14.5 Å². The van der Waals surface area contributed by atoms with Gasteiger partial charge in [0.15, 0.2) is 5.82 Å². The molecular formula is C29H31N7O3. The van der Waals surface area contributed by atoms with Crippen molar-refractivity contribution in [3.8, 4) is 23.0 Å². The smallest absolute Gasteiger partial charge is 0.330 e. The van der Waals surface area contributed by atoms with Crippen LogP contribution in [-0.2, 0) is 16.1 Å². The van der Waals surface area contributed by atoms with Crippen molar-refractivity contribution in [2.75, 3.05) is 19.0 Å². The Hall–Kier alpha value is -4.60. The number of carbonyl (C=O) groups is 1. The van der Waals surface area contributed by atoms with Crippen molar-refractivity contribution in [2.24, 2.45) is 0 Å². The first kappa shape index (κ1) is 26.0. The molecule has 0 aliphatic heterocycles. The highest BCUT2D eigenvalue weighted by Gasteiger charge is 2.31. The maximum atomic E-state index is 12.0. The zero-order chi connectivity index (χ0) is 27.4. The van der Waals surface area contributed by atoms with Gasteiger partial charge in [0.05, 0.1) is 30.8 Å². The lowest BCUT2D eigenvalue weighted by Gasteiger charge is -2.14. The highest BCUT2D eigenvalue weighted by Crippen LogP contribution is 2.45. The molecule has 0 radical (unpaired) electrons. The Balaban J connectivity index is 1.45. The van der Waals surface area contributed by atoms with E-state index in [0.717, 1.165) is 41.2 Å². The minimum Gasteiger partial charge on any atom is -0.480 e. The number of nitrogens with zero attached hydrogens (tertiary/aromatic N) is 6. The molecule has 1 aromatic carbocycles. The summed E-state index contributed by atoms with van der Waals surface area (Å²) >= 11 is 0. The molecule has 1 aliphatic rings. The highest BCUT2D eigenvalue weighted by atomic mass is 16.5. The Morgan fingerprint density at radius 3 is 2.62 bits per heavy atom.